The van der Waals surface area contributed by atoms with Gasteiger partial charge in [-0.05, 0) is 30.2 Å². The number of benzene rings is 2. The Kier molecular flexibility index (Phi) is 4.59. The van der Waals surface area contributed by atoms with E-state index < -0.39 is 0 Å². The Bertz CT molecular complexity index is 585. The molecule has 0 aliphatic carbocycles. The molecule has 2 atom stereocenters. The van der Waals surface area contributed by atoms with Gasteiger partial charge in [0.2, 0.25) is 0 Å². The third kappa shape index (κ3) is 3.46. The second kappa shape index (κ2) is 6.61. The second-order valence-corrected chi connectivity index (χ2v) is 6.08. The van der Waals surface area contributed by atoms with Gasteiger partial charge < -0.3 is 5.32 Å². The molecule has 2 unspecified atom stereocenters. The van der Waals surface area contributed by atoms with Crippen molar-refractivity contribution >= 4 is 11.6 Å². The number of piperazine rings is 1. The molecule has 1 N–H and O–H groups in total. The second-order valence-electron chi connectivity index (χ2n) is 5.64. The maximum Gasteiger partial charge on any atom is 0.0449 e. The zero-order valence-corrected chi connectivity index (χ0v) is 13.1. The molecule has 21 heavy (non-hydrogen) atoms. The highest BCUT2D eigenvalue weighted by atomic mass is 35.5. The lowest BCUT2D eigenvalue weighted by Crippen LogP contribution is -2.46. The van der Waals surface area contributed by atoms with Gasteiger partial charge in [-0.15, -0.1) is 0 Å². The van der Waals surface area contributed by atoms with E-state index in [4.69, 9.17) is 11.6 Å². The van der Waals surface area contributed by atoms with Crippen LogP contribution in [0.3, 0.4) is 0 Å². The van der Waals surface area contributed by atoms with E-state index in [2.05, 4.69) is 59.6 Å². The van der Waals surface area contributed by atoms with Crippen LogP contribution in [-0.2, 0) is 0 Å². The average Bonchev–Trinajstić information content (AvgIpc) is 2.55. The maximum atomic E-state index is 6.12. The van der Waals surface area contributed by atoms with Gasteiger partial charge in [-0.2, -0.15) is 0 Å². The van der Waals surface area contributed by atoms with Crippen LogP contribution >= 0.6 is 11.6 Å². The largest absolute Gasteiger partial charge is 0.308 e. The Balaban J connectivity index is 1.74. The number of nitrogens with zero attached hydrogens (tertiary/aromatic N) is 1. The minimum Gasteiger partial charge on any atom is -0.308 e. The van der Waals surface area contributed by atoms with E-state index in [0.29, 0.717) is 12.1 Å². The molecule has 1 aliphatic heterocycles. The molecule has 0 aromatic heterocycles. The summed E-state index contributed by atoms with van der Waals surface area (Å²) in [6, 6.07) is 19.7. The molecule has 110 valence electrons. The molecule has 3 heteroatoms. The molecule has 2 aromatic rings. The SMILES string of the molecule is CC(c1cccc(Cl)c1)N1CCNC(c2ccccc2)C1. The highest BCUT2D eigenvalue weighted by molar-refractivity contribution is 6.30. The van der Waals surface area contributed by atoms with Crippen LogP contribution < -0.4 is 5.32 Å². The third-order valence-corrected chi connectivity index (χ3v) is 4.52. The number of hydrogen-bond donors (Lipinski definition) is 1. The van der Waals surface area contributed by atoms with Crippen molar-refractivity contribution in [3.63, 3.8) is 0 Å². The lowest BCUT2D eigenvalue weighted by atomic mass is 10.0. The Labute approximate surface area is 131 Å². The van der Waals surface area contributed by atoms with Crippen molar-refractivity contribution in [1.82, 2.24) is 10.2 Å². The van der Waals surface area contributed by atoms with E-state index in [1.54, 1.807) is 0 Å². The molecule has 0 spiro atoms. The first kappa shape index (κ1) is 14.6. The molecule has 0 bridgehead atoms. The van der Waals surface area contributed by atoms with Crippen LogP contribution in [0.25, 0.3) is 0 Å². The fourth-order valence-electron chi connectivity index (χ4n) is 3.01. The Hall–Kier alpha value is -1.35. The first-order valence-electron chi connectivity index (χ1n) is 7.52. The molecule has 3 rings (SSSR count). The van der Waals surface area contributed by atoms with Crippen LogP contribution in [0, 0.1) is 0 Å². The first-order valence-corrected chi connectivity index (χ1v) is 7.89. The lowest BCUT2D eigenvalue weighted by Gasteiger charge is -2.38. The summed E-state index contributed by atoms with van der Waals surface area (Å²) in [4.78, 5) is 2.53. The summed E-state index contributed by atoms with van der Waals surface area (Å²) >= 11 is 6.12. The predicted octanol–water partition coefficient (Wildman–Crippen LogP) is 4.05. The van der Waals surface area contributed by atoms with E-state index in [-0.39, 0.29) is 0 Å². The van der Waals surface area contributed by atoms with Crippen LogP contribution in [0.5, 0.6) is 0 Å². The van der Waals surface area contributed by atoms with Crippen LogP contribution in [0.15, 0.2) is 54.6 Å². The minimum absolute atomic E-state index is 0.386. The van der Waals surface area contributed by atoms with Gasteiger partial charge >= 0.3 is 0 Å². The summed E-state index contributed by atoms with van der Waals surface area (Å²) in [6.07, 6.45) is 0. The van der Waals surface area contributed by atoms with Crippen LogP contribution in [0.2, 0.25) is 5.02 Å². The smallest absolute Gasteiger partial charge is 0.0449 e. The third-order valence-electron chi connectivity index (χ3n) is 4.29. The molecule has 0 saturated carbocycles. The van der Waals surface area contributed by atoms with Crippen LogP contribution in [0.4, 0.5) is 0 Å². The zero-order chi connectivity index (χ0) is 14.7. The lowest BCUT2D eigenvalue weighted by molar-refractivity contribution is 0.153. The Morgan fingerprint density at radius 3 is 2.71 bits per heavy atom. The maximum absolute atomic E-state index is 6.12. The van der Waals surface area contributed by atoms with E-state index in [9.17, 15) is 0 Å². The van der Waals surface area contributed by atoms with Gasteiger partial charge in [-0.25, -0.2) is 0 Å². The highest BCUT2D eigenvalue weighted by Crippen LogP contribution is 2.27. The van der Waals surface area contributed by atoms with Crippen molar-refractivity contribution in [3.05, 3.63) is 70.7 Å². The monoisotopic (exact) mass is 300 g/mol. The van der Waals surface area contributed by atoms with Gasteiger partial charge in [-0.1, -0.05) is 54.1 Å². The van der Waals surface area contributed by atoms with Crippen molar-refractivity contribution < 1.29 is 0 Å². The molecular weight excluding hydrogens is 280 g/mol. The topological polar surface area (TPSA) is 15.3 Å². The van der Waals surface area contributed by atoms with E-state index in [0.717, 1.165) is 24.7 Å². The van der Waals surface area contributed by atoms with Gasteiger partial charge in [-0.3, -0.25) is 4.90 Å². The van der Waals surface area contributed by atoms with E-state index >= 15 is 0 Å². The summed E-state index contributed by atoms with van der Waals surface area (Å²) in [7, 11) is 0. The molecule has 1 saturated heterocycles. The van der Waals surface area contributed by atoms with Gasteiger partial charge in [0.1, 0.15) is 0 Å². The Morgan fingerprint density at radius 1 is 1.14 bits per heavy atom. The molecule has 2 aromatic carbocycles. The first-order chi connectivity index (χ1) is 10.2. The molecule has 1 aliphatic rings. The molecule has 1 fully saturated rings. The molecule has 0 radical (unpaired) electrons. The number of halogens is 1. The van der Waals surface area contributed by atoms with E-state index in [1.807, 2.05) is 12.1 Å². The summed E-state index contributed by atoms with van der Waals surface area (Å²) in [6.45, 7) is 5.37. The van der Waals surface area contributed by atoms with Crippen molar-refractivity contribution in [1.29, 1.82) is 0 Å². The standard InChI is InChI=1S/C18H21ClN2/c1-14(16-8-5-9-17(19)12-16)21-11-10-20-18(13-21)15-6-3-2-4-7-15/h2-9,12,14,18,20H,10-11,13H2,1H3. The van der Waals surface area contributed by atoms with Crippen molar-refractivity contribution in [3.8, 4) is 0 Å². The van der Waals surface area contributed by atoms with Crippen LogP contribution in [-0.4, -0.2) is 24.5 Å². The number of rotatable bonds is 3. The predicted molar refractivity (Wildman–Crippen MR) is 88.6 cm³/mol. The quantitative estimate of drug-likeness (QED) is 0.920. The number of nitrogens with one attached hydrogen (secondary N) is 1. The fraction of sp³-hybridized carbons (Fsp3) is 0.333. The zero-order valence-electron chi connectivity index (χ0n) is 12.3. The molecule has 0 amide bonds. The van der Waals surface area contributed by atoms with Crippen molar-refractivity contribution in [2.45, 2.75) is 19.0 Å². The number of hydrogen-bond acceptors (Lipinski definition) is 2. The minimum atomic E-state index is 0.386. The van der Waals surface area contributed by atoms with Crippen LogP contribution in [0.1, 0.15) is 30.1 Å². The molecule has 1 heterocycles. The normalized spacial score (nSPS) is 21.1. The molecule has 2 nitrogen and oxygen atoms in total. The average molecular weight is 301 g/mol. The van der Waals surface area contributed by atoms with Gasteiger partial charge in [0.05, 0.1) is 0 Å². The highest BCUT2D eigenvalue weighted by Gasteiger charge is 2.24. The summed E-state index contributed by atoms with van der Waals surface area (Å²) < 4.78 is 0. The van der Waals surface area contributed by atoms with Gasteiger partial charge in [0, 0.05) is 36.7 Å². The van der Waals surface area contributed by atoms with E-state index in [1.165, 1.54) is 11.1 Å². The fourth-order valence-corrected chi connectivity index (χ4v) is 3.21. The van der Waals surface area contributed by atoms with Gasteiger partial charge in [0.25, 0.3) is 0 Å². The summed E-state index contributed by atoms with van der Waals surface area (Å²) in [5.74, 6) is 0. The van der Waals surface area contributed by atoms with Crippen molar-refractivity contribution in [2.24, 2.45) is 0 Å². The summed E-state index contributed by atoms with van der Waals surface area (Å²) in [5.41, 5.74) is 2.65. The molecular formula is C18H21ClN2. The van der Waals surface area contributed by atoms with Gasteiger partial charge in [0.15, 0.2) is 0 Å². The Morgan fingerprint density at radius 2 is 1.95 bits per heavy atom. The summed E-state index contributed by atoms with van der Waals surface area (Å²) in [5, 5.41) is 4.43. The van der Waals surface area contributed by atoms with Crippen molar-refractivity contribution in [2.75, 3.05) is 19.6 Å².